The zero-order chi connectivity index (χ0) is 24.2. The topological polar surface area (TPSA) is 80.1 Å². The van der Waals surface area contributed by atoms with Gasteiger partial charge in [0, 0.05) is 36.8 Å². The number of halogens is 1. The van der Waals surface area contributed by atoms with Crippen molar-refractivity contribution in [3.8, 4) is 11.8 Å². The third-order valence-electron chi connectivity index (χ3n) is 6.00. The lowest BCUT2D eigenvalue weighted by molar-refractivity contribution is -0.132. The molecule has 2 aromatic heterocycles. The largest absolute Gasteiger partial charge is 0.340 e. The summed E-state index contributed by atoms with van der Waals surface area (Å²) in [6.07, 6.45) is 4.52. The second kappa shape index (κ2) is 10.1. The van der Waals surface area contributed by atoms with Gasteiger partial charge < -0.3 is 10.2 Å². The maximum Gasteiger partial charge on any atom is 0.276 e. The lowest BCUT2D eigenvalue weighted by Crippen LogP contribution is -2.44. The van der Waals surface area contributed by atoms with Gasteiger partial charge in [0.25, 0.3) is 5.91 Å². The van der Waals surface area contributed by atoms with Crippen LogP contribution >= 0.6 is 11.6 Å². The maximum absolute atomic E-state index is 13.2. The Morgan fingerprint density at radius 1 is 1.15 bits per heavy atom. The molecule has 1 aromatic carbocycles. The molecule has 0 radical (unpaired) electrons. The monoisotopic (exact) mass is 475 g/mol. The zero-order valence-electron chi connectivity index (χ0n) is 19.4. The molecule has 1 aliphatic rings. The zero-order valence-corrected chi connectivity index (χ0v) is 20.1. The smallest absolute Gasteiger partial charge is 0.276 e. The summed E-state index contributed by atoms with van der Waals surface area (Å²) < 4.78 is 1.68. The van der Waals surface area contributed by atoms with Gasteiger partial charge in [-0.2, -0.15) is 5.10 Å². The Kier molecular flexibility index (Phi) is 6.99. The van der Waals surface area contributed by atoms with Crippen molar-refractivity contribution in [2.24, 2.45) is 0 Å². The minimum Gasteiger partial charge on any atom is -0.340 e. The summed E-state index contributed by atoms with van der Waals surface area (Å²) >= 11 is 6.36. The predicted octanol–water partition coefficient (Wildman–Crippen LogP) is 4.46. The van der Waals surface area contributed by atoms with Gasteiger partial charge in [0.1, 0.15) is 11.5 Å². The van der Waals surface area contributed by atoms with Crippen molar-refractivity contribution in [1.82, 2.24) is 19.7 Å². The van der Waals surface area contributed by atoms with Crippen molar-refractivity contribution < 1.29 is 9.59 Å². The van der Waals surface area contributed by atoms with Crippen LogP contribution in [0, 0.1) is 18.8 Å². The molecule has 1 aliphatic heterocycles. The molecule has 174 valence electrons. The Balaban J connectivity index is 1.50. The molecule has 0 saturated carbocycles. The summed E-state index contributed by atoms with van der Waals surface area (Å²) in [6.45, 7) is 6.07. The SMILES string of the molecule is CC(=O)N1CCC(n2ncc(Cl)c2C(=O)Nc2ncc(C#Cc3ccccc3)cc2C)CC1C. The van der Waals surface area contributed by atoms with Gasteiger partial charge in [-0.15, -0.1) is 0 Å². The van der Waals surface area contributed by atoms with Crippen molar-refractivity contribution in [2.75, 3.05) is 11.9 Å². The molecule has 2 atom stereocenters. The third-order valence-corrected chi connectivity index (χ3v) is 6.28. The molecule has 2 amide bonds. The van der Waals surface area contributed by atoms with Gasteiger partial charge in [0.05, 0.1) is 17.3 Å². The lowest BCUT2D eigenvalue weighted by atomic mass is 9.98. The lowest BCUT2D eigenvalue weighted by Gasteiger charge is -2.37. The van der Waals surface area contributed by atoms with Gasteiger partial charge in [-0.1, -0.05) is 41.6 Å². The normalized spacial score (nSPS) is 17.6. The van der Waals surface area contributed by atoms with E-state index in [9.17, 15) is 9.59 Å². The number of rotatable bonds is 3. The van der Waals surface area contributed by atoms with Crippen LogP contribution in [-0.4, -0.2) is 44.1 Å². The number of pyridine rings is 1. The highest BCUT2D eigenvalue weighted by atomic mass is 35.5. The highest BCUT2D eigenvalue weighted by Crippen LogP contribution is 2.30. The van der Waals surface area contributed by atoms with Crippen LogP contribution in [0.1, 0.15) is 59.9 Å². The van der Waals surface area contributed by atoms with Crippen LogP contribution in [0.2, 0.25) is 5.02 Å². The number of nitrogens with one attached hydrogen (secondary N) is 1. The fraction of sp³-hybridized carbons (Fsp3) is 0.308. The average Bonchev–Trinajstić information content (AvgIpc) is 3.21. The third kappa shape index (κ3) is 5.13. The van der Waals surface area contributed by atoms with Crippen LogP contribution < -0.4 is 5.32 Å². The molecule has 3 heterocycles. The van der Waals surface area contributed by atoms with E-state index < -0.39 is 0 Å². The summed E-state index contributed by atoms with van der Waals surface area (Å²) in [5.74, 6) is 6.33. The van der Waals surface area contributed by atoms with E-state index in [-0.39, 0.29) is 28.9 Å². The molecule has 7 nitrogen and oxygen atoms in total. The highest BCUT2D eigenvalue weighted by molar-refractivity contribution is 6.34. The second-order valence-electron chi connectivity index (χ2n) is 8.48. The summed E-state index contributed by atoms with van der Waals surface area (Å²) in [4.78, 5) is 31.2. The van der Waals surface area contributed by atoms with Gasteiger partial charge in [-0.3, -0.25) is 14.3 Å². The standard InChI is InChI=1S/C26H26ClN5O2/c1-17-13-21(10-9-20-7-5-4-6-8-20)15-28-25(17)30-26(34)24-23(27)16-29-32(24)22-11-12-31(19(3)33)18(2)14-22/h4-8,13,15-16,18,22H,11-12,14H2,1-3H3,(H,28,30,34). The van der Waals surface area contributed by atoms with E-state index in [1.54, 1.807) is 17.8 Å². The van der Waals surface area contributed by atoms with Crippen molar-refractivity contribution in [2.45, 2.75) is 45.7 Å². The number of carbonyl (C=O) groups excluding carboxylic acids is 2. The fourth-order valence-corrected chi connectivity index (χ4v) is 4.49. The molecule has 0 bridgehead atoms. The van der Waals surface area contributed by atoms with E-state index in [1.165, 1.54) is 6.20 Å². The molecule has 3 aromatic rings. The molecule has 34 heavy (non-hydrogen) atoms. The Labute approximate surface area is 204 Å². The van der Waals surface area contributed by atoms with Crippen LogP contribution in [0.15, 0.2) is 48.8 Å². The van der Waals surface area contributed by atoms with E-state index in [0.29, 0.717) is 30.9 Å². The molecule has 0 aliphatic carbocycles. The molecule has 1 N–H and O–H groups in total. The maximum atomic E-state index is 13.2. The van der Waals surface area contributed by atoms with Crippen LogP contribution in [-0.2, 0) is 4.79 Å². The van der Waals surface area contributed by atoms with Gasteiger partial charge in [0.15, 0.2) is 0 Å². The first-order valence-corrected chi connectivity index (χ1v) is 11.6. The van der Waals surface area contributed by atoms with E-state index in [4.69, 9.17) is 11.6 Å². The first-order chi connectivity index (χ1) is 16.3. The summed E-state index contributed by atoms with van der Waals surface area (Å²) in [5.41, 5.74) is 2.76. The Hall–Kier alpha value is -3.63. The highest BCUT2D eigenvalue weighted by Gasteiger charge is 2.31. The van der Waals surface area contributed by atoms with Crippen LogP contribution in [0.3, 0.4) is 0 Å². The Bertz CT molecular complexity index is 1280. The molecular weight excluding hydrogens is 450 g/mol. The average molecular weight is 476 g/mol. The van der Waals surface area contributed by atoms with Crippen LogP contribution in [0.4, 0.5) is 5.82 Å². The minimum absolute atomic E-state index is 0.0245. The number of aromatic nitrogens is 3. The summed E-state index contributed by atoms with van der Waals surface area (Å²) in [6, 6.07) is 11.6. The molecule has 1 fully saturated rings. The number of benzene rings is 1. The number of carbonyl (C=O) groups is 2. The fourth-order valence-electron chi connectivity index (χ4n) is 4.27. The van der Waals surface area contributed by atoms with E-state index in [1.807, 2.05) is 55.1 Å². The van der Waals surface area contributed by atoms with E-state index in [0.717, 1.165) is 16.7 Å². The van der Waals surface area contributed by atoms with Gasteiger partial charge in [-0.05, 0) is 50.5 Å². The van der Waals surface area contributed by atoms with Crippen molar-refractivity contribution in [1.29, 1.82) is 0 Å². The van der Waals surface area contributed by atoms with Crippen molar-refractivity contribution in [3.63, 3.8) is 0 Å². The van der Waals surface area contributed by atoms with Gasteiger partial charge >= 0.3 is 0 Å². The second-order valence-corrected chi connectivity index (χ2v) is 8.89. The number of nitrogens with zero attached hydrogens (tertiary/aromatic N) is 4. The number of hydrogen-bond acceptors (Lipinski definition) is 4. The first-order valence-electron chi connectivity index (χ1n) is 11.2. The molecule has 1 saturated heterocycles. The predicted molar refractivity (Wildman–Crippen MR) is 132 cm³/mol. The molecule has 0 spiro atoms. The van der Waals surface area contributed by atoms with Crippen LogP contribution in [0.5, 0.6) is 0 Å². The van der Waals surface area contributed by atoms with Gasteiger partial charge in [0.2, 0.25) is 5.91 Å². The van der Waals surface area contributed by atoms with Crippen molar-refractivity contribution >= 4 is 29.2 Å². The Morgan fingerprint density at radius 3 is 2.56 bits per heavy atom. The number of hydrogen-bond donors (Lipinski definition) is 1. The minimum atomic E-state index is -0.372. The van der Waals surface area contributed by atoms with E-state index >= 15 is 0 Å². The number of anilines is 1. The molecular formula is C26H26ClN5O2. The number of piperidine rings is 1. The molecule has 8 heteroatoms. The van der Waals surface area contributed by atoms with Gasteiger partial charge in [-0.25, -0.2) is 4.98 Å². The van der Waals surface area contributed by atoms with Crippen LogP contribution in [0.25, 0.3) is 0 Å². The first kappa shape index (κ1) is 23.5. The number of aryl methyl sites for hydroxylation is 1. The summed E-state index contributed by atoms with van der Waals surface area (Å²) in [7, 11) is 0. The Morgan fingerprint density at radius 2 is 1.88 bits per heavy atom. The van der Waals surface area contributed by atoms with Crippen molar-refractivity contribution in [3.05, 3.63) is 76.2 Å². The summed E-state index contributed by atoms with van der Waals surface area (Å²) in [5, 5.41) is 7.52. The molecule has 2 unspecified atom stereocenters. The van der Waals surface area contributed by atoms with E-state index in [2.05, 4.69) is 27.2 Å². The molecule has 4 rings (SSSR count). The quantitative estimate of drug-likeness (QED) is 0.567. The number of likely N-dealkylation sites (tertiary alicyclic amines) is 1. The number of amides is 2.